The molecule has 0 spiro atoms. The van der Waals surface area contributed by atoms with E-state index in [-0.39, 0.29) is 5.56 Å². The number of benzene rings is 1. The predicted octanol–water partition coefficient (Wildman–Crippen LogP) is 5.62. The van der Waals surface area contributed by atoms with Gasteiger partial charge in [0, 0.05) is 24.3 Å². The number of aromatic nitrogens is 2. The van der Waals surface area contributed by atoms with Crippen molar-refractivity contribution in [3.63, 3.8) is 0 Å². The zero-order valence-corrected chi connectivity index (χ0v) is 21.1. The van der Waals surface area contributed by atoms with Crippen LogP contribution in [0.2, 0.25) is 0 Å². The number of nitrogens with one attached hydrogen (secondary N) is 2. The summed E-state index contributed by atoms with van der Waals surface area (Å²) >= 11 is 0. The van der Waals surface area contributed by atoms with E-state index >= 15 is 0 Å². The number of piperidine rings is 1. The van der Waals surface area contributed by atoms with Gasteiger partial charge in [-0.15, -0.1) is 0 Å². The van der Waals surface area contributed by atoms with E-state index in [1.54, 1.807) is 0 Å². The third-order valence-electron chi connectivity index (χ3n) is 6.41. The highest BCUT2D eigenvalue weighted by atomic mass is 16.5. The van der Waals surface area contributed by atoms with Crippen LogP contribution in [0, 0.1) is 6.92 Å². The third kappa shape index (κ3) is 8.98. The summed E-state index contributed by atoms with van der Waals surface area (Å²) in [5.74, 6) is 1.42. The van der Waals surface area contributed by atoms with Crippen molar-refractivity contribution in [2.75, 3.05) is 31.6 Å². The second-order valence-corrected chi connectivity index (χ2v) is 9.31. The number of likely N-dealkylation sites (tertiary alicyclic amines) is 1. The Hall–Kier alpha value is -2.60. The fourth-order valence-corrected chi connectivity index (χ4v) is 4.45. The van der Waals surface area contributed by atoms with Gasteiger partial charge in [-0.25, -0.2) is 0 Å². The highest BCUT2D eigenvalue weighted by Gasteiger charge is 2.10. The van der Waals surface area contributed by atoms with Gasteiger partial charge in [-0.1, -0.05) is 57.2 Å². The van der Waals surface area contributed by atoms with E-state index in [1.807, 2.05) is 25.1 Å². The Morgan fingerprint density at radius 3 is 2.74 bits per heavy atom. The Morgan fingerprint density at radius 1 is 1.12 bits per heavy atom. The van der Waals surface area contributed by atoms with Crippen molar-refractivity contribution in [3.8, 4) is 5.75 Å². The predicted molar refractivity (Wildman–Crippen MR) is 141 cm³/mol. The minimum absolute atomic E-state index is 0.119. The highest BCUT2D eigenvalue weighted by Crippen LogP contribution is 2.17. The Balaban J connectivity index is 1.38. The van der Waals surface area contributed by atoms with Gasteiger partial charge in [0.1, 0.15) is 12.4 Å². The molecule has 0 radical (unpaired) electrons. The van der Waals surface area contributed by atoms with Crippen molar-refractivity contribution in [2.45, 2.75) is 78.2 Å². The summed E-state index contributed by atoms with van der Waals surface area (Å²) in [7, 11) is 0. The standard InChI is InChI=1S/C28H42N4O2/c1-3-4-5-6-8-16-26-23(2)30-28(31-27(26)33)29-17-9-12-20-34-25-15-13-14-24(21-25)22-32-18-10-7-11-19-32/h9,12-15,21H,3-8,10-11,16-20,22H2,1-2H3,(H2,29,30,31,33)/b12-9-. The first-order chi connectivity index (χ1) is 16.7. The quantitative estimate of drug-likeness (QED) is 0.279. The van der Waals surface area contributed by atoms with Crippen LogP contribution in [-0.4, -0.2) is 41.1 Å². The average Bonchev–Trinajstić information content (AvgIpc) is 2.83. The Morgan fingerprint density at radius 2 is 1.94 bits per heavy atom. The average molecular weight is 467 g/mol. The number of rotatable bonds is 14. The van der Waals surface area contributed by atoms with Gasteiger partial charge in [0.2, 0.25) is 5.95 Å². The lowest BCUT2D eigenvalue weighted by Crippen LogP contribution is -2.29. The molecule has 1 aliphatic heterocycles. The summed E-state index contributed by atoms with van der Waals surface area (Å²) in [6.07, 6.45) is 14.7. The molecule has 1 aromatic heterocycles. The Kier molecular flexibility index (Phi) is 11.2. The third-order valence-corrected chi connectivity index (χ3v) is 6.41. The molecule has 6 heteroatoms. The van der Waals surface area contributed by atoms with Crippen LogP contribution in [0.1, 0.15) is 75.1 Å². The van der Waals surface area contributed by atoms with Crippen LogP contribution < -0.4 is 15.6 Å². The monoisotopic (exact) mass is 466 g/mol. The van der Waals surface area contributed by atoms with Crippen LogP contribution in [0.25, 0.3) is 0 Å². The number of nitrogens with zero attached hydrogens (tertiary/aromatic N) is 2. The molecular formula is C28H42N4O2. The van der Waals surface area contributed by atoms with E-state index in [0.29, 0.717) is 19.1 Å². The van der Waals surface area contributed by atoms with Gasteiger partial charge in [0.25, 0.3) is 5.56 Å². The Labute approximate surface area is 204 Å². The molecule has 2 heterocycles. The molecule has 0 saturated carbocycles. The number of aromatic amines is 1. The van der Waals surface area contributed by atoms with Crippen LogP contribution in [-0.2, 0) is 13.0 Å². The van der Waals surface area contributed by atoms with Crippen molar-refractivity contribution < 1.29 is 4.74 Å². The van der Waals surface area contributed by atoms with Gasteiger partial charge in [0.05, 0.1) is 0 Å². The fourth-order valence-electron chi connectivity index (χ4n) is 4.45. The summed E-state index contributed by atoms with van der Waals surface area (Å²) in [5, 5.41) is 3.18. The maximum absolute atomic E-state index is 12.4. The first-order valence-electron chi connectivity index (χ1n) is 13.1. The lowest BCUT2D eigenvalue weighted by molar-refractivity contribution is 0.220. The molecule has 34 heavy (non-hydrogen) atoms. The molecule has 186 valence electrons. The van der Waals surface area contributed by atoms with Crippen molar-refractivity contribution in [1.82, 2.24) is 14.9 Å². The number of aryl methyl sites for hydroxylation is 1. The molecule has 0 bridgehead atoms. The van der Waals surface area contributed by atoms with E-state index < -0.39 is 0 Å². The summed E-state index contributed by atoms with van der Waals surface area (Å²) in [5.41, 5.74) is 2.91. The van der Waals surface area contributed by atoms with E-state index in [4.69, 9.17) is 4.74 Å². The summed E-state index contributed by atoms with van der Waals surface area (Å²) in [6.45, 7) is 8.65. The number of H-pyrrole nitrogens is 1. The van der Waals surface area contributed by atoms with E-state index in [0.717, 1.165) is 36.4 Å². The van der Waals surface area contributed by atoms with Crippen LogP contribution in [0.3, 0.4) is 0 Å². The zero-order valence-electron chi connectivity index (χ0n) is 21.1. The van der Waals surface area contributed by atoms with Crippen LogP contribution in [0.15, 0.2) is 41.2 Å². The smallest absolute Gasteiger partial charge is 0.277 e. The molecule has 2 N–H and O–H groups in total. The molecule has 0 amide bonds. The molecule has 1 saturated heterocycles. The highest BCUT2D eigenvalue weighted by molar-refractivity contribution is 5.30. The van der Waals surface area contributed by atoms with Crippen LogP contribution >= 0.6 is 0 Å². The normalized spacial score (nSPS) is 14.5. The van der Waals surface area contributed by atoms with Gasteiger partial charge in [0.15, 0.2) is 0 Å². The van der Waals surface area contributed by atoms with Crippen molar-refractivity contribution in [3.05, 3.63) is 63.6 Å². The van der Waals surface area contributed by atoms with Gasteiger partial charge < -0.3 is 15.0 Å². The van der Waals surface area contributed by atoms with Crippen molar-refractivity contribution >= 4 is 5.95 Å². The molecule has 1 aliphatic rings. The van der Waals surface area contributed by atoms with Crippen LogP contribution in [0.5, 0.6) is 5.75 Å². The molecule has 1 fully saturated rings. The number of ether oxygens (including phenoxy) is 1. The first-order valence-corrected chi connectivity index (χ1v) is 13.1. The molecule has 0 unspecified atom stereocenters. The van der Waals surface area contributed by atoms with Gasteiger partial charge in [-0.2, -0.15) is 4.98 Å². The summed E-state index contributed by atoms with van der Waals surface area (Å²) in [4.78, 5) is 22.4. The molecule has 2 aromatic rings. The molecular weight excluding hydrogens is 424 g/mol. The van der Waals surface area contributed by atoms with Crippen molar-refractivity contribution in [2.24, 2.45) is 0 Å². The molecule has 6 nitrogen and oxygen atoms in total. The zero-order chi connectivity index (χ0) is 24.0. The van der Waals surface area contributed by atoms with Gasteiger partial charge >= 0.3 is 0 Å². The maximum atomic E-state index is 12.4. The number of anilines is 1. The number of unbranched alkanes of at least 4 members (excludes halogenated alkanes) is 4. The second-order valence-electron chi connectivity index (χ2n) is 9.31. The minimum Gasteiger partial charge on any atom is -0.490 e. The second kappa shape index (κ2) is 14.6. The number of hydrogen-bond acceptors (Lipinski definition) is 5. The largest absolute Gasteiger partial charge is 0.490 e. The molecule has 0 aliphatic carbocycles. The van der Waals surface area contributed by atoms with E-state index in [1.165, 1.54) is 63.6 Å². The SMILES string of the molecule is CCCCCCCc1c(C)[nH]c(NC/C=C\COc2cccc(CN3CCCCC3)c2)nc1=O. The molecule has 0 atom stereocenters. The fraction of sp³-hybridized carbons (Fsp3) is 0.571. The lowest BCUT2D eigenvalue weighted by atomic mass is 10.1. The van der Waals surface area contributed by atoms with E-state index in [9.17, 15) is 4.79 Å². The van der Waals surface area contributed by atoms with E-state index in [2.05, 4.69) is 45.3 Å². The summed E-state index contributed by atoms with van der Waals surface area (Å²) in [6, 6.07) is 8.39. The Bertz CT molecular complexity index is 948. The van der Waals surface area contributed by atoms with Gasteiger partial charge in [-0.3, -0.25) is 9.69 Å². The maximum Gasteiger partial charge on any atom is 0.277 e. The summed E-state index contributed by atoms with van der Waals surface area (Å²) < 4.78 is 5.90. The first kappa shape index (κ1) is 26.0. The van der Waals surface area contributed by atoms with Crippen molar-refractivity contribution in [1.29, 1.82) is 0 Å². The number of hydrogen-bond donors (Lipinski definition) is 2. The minimum atomic E-state index is -0.119. The topological polar surface area (TPSA) is 70.2 Å². The molecule has 1 aromatic carbocycles. The van der Waals surface area contributed by atoms with Gasteiger partial charge in [-0.05, 0) is 69.5 Å². The molecule has 3 rings (SSSR count). The van der Waals surface area contributed by atoms with Crippen LogP contribution in [0.4, 0.5) is 5.95 Å². The lowest BCUT2D eigenvalue weighted by Gasteiger charge is -2.26.